The molecule has 2 fully saturated rings. The Morgan fingerprint density at radius 3 is 2.66 bits per heavy atom. The molecule has 0 amide bonds. The van der Waals surface area contributed by atoms with Gasteiger partial charge in [0.25, 0.3) is 0 Å². The SMILES string of the molecule is Cn1c(SCCCN2CC3N(c4ccc(C(F)(F)F)cc4)CCC3(C)C2)nnc1-c1ccncn1. The van der Waals surface area contributed by atoms with Crippen LogP contribution in [0.4, 0.5) is 18.9 Å². The van der Waals surface area contributed by atoms with Gasteiger partial charge in [0.15, 0.2) is 11.0 Å². The fourth-order valence-electron chi connectivity index (χ4n) is 5.26. The third kappa shape index (κ3) is 4.88. The van der Waals surface area contributed by atoms with Gasteiger partial charge in [-0.3, -0.25) is 0 Å². The average molecular weight is 504 g/mol. The van der Waals surface area contributed by atoms with Crippen LogP contribution in [0.3, 0.4) is 0 Å². The van der Waals surface area contributed by atoms with E-state index in [4.69, 9.17) is 0 Å². The van der Waals surface area contributed by atoms with Crippen molar-refractivity contribution in [1.82, 2.24) is 29.6 Å². The summed E-state index contributed by atoms with van der Waals surface area (Å²) in [5, 5.41) is 9.44. The number of anilines is 1. The molecule has 2 aromatic heterocycles. The zero-order chi connectivity index (χ0) is 24.6. The Kier molecular flexibility index (Phi) is 6.47. The number of nitrogens with zero attached hydrogens (tertiary/aromatic N) is 7. The maximum Gasteiger partial charge on any atom is 0.416 e. The first-order valence-electron chi connectivity index (χ1n) is 11.7. The largest absolute Gasteiger partial charge is 0.416 e. The minimum Gasteiger partial charge on any atom is -0.367 e. The molecule has 2 saturated heterocycles. The first kappa shape index (κ1) is 24.1. The Labute approximate surface area is 206 Å². The van der Waals surface area contributed by atoms with Crippen molar-refractivity contribution in [3.63, 3.8) is 0 Å². The van der Waals surface area contributed by atoms with Crippen LogP contribution >= 0.6 is 11.8 Å². The summed E-state index contributed by atoms with van der Waals surface area (Å²) in [4.78, 5) is 13.0. The number of benzene rings is 1. The number of thioether (sulfide) groups is 1. The van der Waals surface area contributed by atoms with Crippen LogP contribution < -0.4 is 4.90 Å². The summed E-state index contributed by atoms with van der Waals surface area (Å²) in [6.45, 7) is 6.13. The first-order valence-corrected chi connectivity index (χ1v) is 12.7. The van der Waals surface area contributed by atoms with Crippen molar-refractivity contribution >= 4 is 17.4 Å². The fourth-order valence-corrected chi connectivity index (χ4v) is 6.09. The van der Waals surface area contributed by atoms with Gasteiger partial charge in [0.1, 0.15) is 12.0 Å². The van der Waals surface area contributed by atoms with E-state index in [-0.39, 0.29) is 5.41 Å². The minimum absolute atomic E-state index is 0.159. The lowest BCUT2D eigenvalue weighted by molar-refractivity contribution is -0.137. The van der Waals surface area contributed by atoms with E-state index < -0.39 is 11.7 Å². The highest BCUT2D eigenvalue weighted by molar-refractivity contribution is 7.99. The van der Waals surface area contributed by atoms with E-state index in [2.05, 4.69) is 36.9 Å². The lowest BCUT2D eigenvalue weighted by Gasteiger charge is -2.30. The number of alkyl halides is 3. The number of halogens is 3. The Bertz CT molecular complexity index is 1150. The lowest BCUT2D eigenvalue weighted by atomic mass is 9.85. The van der Waals surface area contributed by atoms with E-state index in [1.165, 1.54) is 18.5 Å². The van der Waals surface area contributed by atoms with Gasteiger partial charge >= 0.3 is 6.18 Å². The van der Waals surface area contributed by atoms with E-state index in [1.807, 2.05) is 17.7 Å². The maximum absolute atomic E-state index is 12.9. The third-order valence-corrected chi connectivity index (χ3v) is 8.25. The summed E-state index contributed by atoms with van der Waals surface area (Å²) in [6.07, 6.45) is 0.955. The molecule has 7 nitrogen and oxygen atoms in total. The Morgan fingerprint density at radius 2 is 1.94 bits per heavy atom. The molecule has 35 heavy (non-hydrogen) atoms. The molecule has 3 aromatic rings. The number of aromatic nitrogens is 5. The van der Waals surface area contributed by atoms with Gasteiger partial charge in [-0.05, 0) is 49.7 Å². The zero-order valence-electron chi connectivity index (χ0n) is 19.7. The highest BCUT2D eigenvalue weighted by Crippen LogP contribution is 2.44. The molecule has 2 unspecified atom stereocenters. The molecule has 0 spiro atoms. The van der Waals surface area contributed by atoms with Crippen LogP contribution in [0.25, 0.3) is 11.5 Å². The summed E-state index contributed by atoms with van der Waals surface area (Å²) in [5.41, 5.74) is 1.19. The van der Waals surface area contributed by atoms with E-state index in [1.54, 1.807) is 30.1 Å². The fraction of sp³-hybridized carbons (Fsp3) is 0.500. The van der Waals surface area contributed by atoms with Crippen LogP contribution in [0.1, 0.15) is 25.3 Å². The van der Waals surface area contributed by atoms with Crippen molar-refractivity contribution in [1.29, 1.82) is 0 Å². The van der Waals surface area contributed by atoms with E-state index >= 15 is 0 Å². The standard InChI is InChI=1S/C24H28F3N7S/c1-23-9-12-34(18-6-4-17(5-7-18)24(25,26)27)20(23)14-33(15-23)11-3-13-35-22-31-30-21(32(22)2)19-8-10-28-16-29-19/h4-8,10,16,20H,3,9,11-15H2,1-2H3. The number of rotatable bonds is 7. The van der Waals surface area contributed by atoms with Crippen LogP contribution in [0.5, 0.6) is 0 Å². The molecule has 0 saturated carbocycles. The van der Waals surface area contributed by atoms with E-state index in [9.17, 15) is 13.2 Å². The molecule has 2 aliphatic rings. The quantitative estimate of drug-likeness (QED) is 0.350. The van der Waals surface area contributed by atoms with Gasteiger partial charge in [0.05, 0.1) is 5.56 Å². The Balaban J connectivity index is 1.14. The van der Waals surface area contributed by atoms with Crippen molar-refractivity contribution in [2.45, 2.75) is 37.1 Å². The number of hydrogen-bond donors (Lipinski definition) is 0. The molecule has 5 rings (SSSR count). The first-order chi connectivity index (χ1) is 16.7. The summed E-state index contributed by atoms with van der Waals surface area (Å²) in [6, 6.07) is 7.75. The van der Waals surface area contributed by atoms with Crippen LogP contribution in [-0.2, 0) is 13.2 Å². The number of fused-ring (bicyclic) bond motifs is 1. The molecule has 4 heterocycles. The highest BCUT2D eigenvalue weighted by atomic mass is 32.2. The summed E-state index contributed by atoms with van der Waals surface area (Å²) in [5.74, 6) is 1.65. The lowest BCUT2D eigenvalue weighted by Crippen LogP contribution is -2.37. The predicted molar refractivity (Wildman–Crippen MR) is 129 cm³/mol. The van der Waals surface area contributed by atoms with Gasteiger partial charge in [0, 0.05) is 55.8 Å². The van der Waals surface area contributed by atoms with Gasteiger partial charge in [-0.2, -0.15) is 13.2 Å². The number of likely N-dealkylation sites (tertiary alicyclic amines) is 1. The smallest absolute Gasteiger partial charge is 0.367 e. The van der Waals surface area contributed by atoms with Crippen molar-refractivity contribution < 1.29 is 13.2 Å². The minimum atomic E-state index is -4.30. The molecule has 0 bridgehead atoms. The summed E-state index contributed by atoms with van der Waals surface area (Å²) in [7, 11) is 1.94. The Hall–Kier alpha value is -2.66. The molecule has 1 aromatic carbocycles. The normalized spacial score (nSPS) is 22.7. The van der Waals surface area contributed by atoms with Crippen LogP contribution in [0.15, 0.2) is 48.0 Å². The second-order valence-electron chi connectivity index (χ2n) is 9.55. The van der Waals surface area contributed by atoms with Crippen molar-refractivity contribution in [2.24, 2.45) is 12.5 Å². The second-order valence-corrected chi connectivity index (χ2v) is 10.6. The van der Waals surface area contributed by atoms with Crippen molar-refractivity contribution in [3.05, 3.63) is 48.4 Å². The van der Waals surface area contributed by atoms with Gasteiger partial charge in [0.2, 0.25) is 0 Å². The van der Waals surface area contributed by atoms with Gasteiger partial charge in [-0.1, -0.05) is 18.7 Å². The molecule has 0 radical (unpaired) electrons. The molecular formula is C24H28F3N7S. The second kappa shape index (κ2) is 9.42. The van der Waals surface area contributed by atoms with E-state index in [0.717, 1.165) is 67.1 Å². The average Bonchev–Trinajstić information content (AvgIpc) is 3.47. The molecule has 0 aliphatic carbocycles. The number of hydrogen-bond acceptors (Lipinski definition) is 7. The van der Waals surface area contributed by atoms with Crippen LogP contribution in [0.2, 0.25) is 0 Å². The molecule has 2 atom stereocenters. The molecule has 186 valence electrons. The molecule has 2 aliphatic heterocycles. The van der Waals surface area contributed by atoms with Gasteiger partial charge < -0.3 is 14.4 Å². The van der Waals surface area contributed by atoms with Crippen LogP contribution in [0, 0.1) is 5.41 Å². The highest BCUT2D eigenvalue weighted by Gasteiger charge is 2.50. The molecular weight excluding hydrogens is 475 g/mol. The topological polar surface area (TPSA) is 63.0 Å². The summed E-state index contributed by atoms with van der Waals surface area (Å²) < 4.78 is 40.8. The zero-order valence-corrected chi connectivity index (χ0v) is 20.6. The van der Waals surface area contributed by atoms with Crippen molar-refractivity contribution in [3.8, 4) is 11.5 Å². The Morgan fingerprint density at radius 1 is 1.14 bits per heavy atom. The summed E-state index contributed by atoms with van der Waals surface area (Å²) >= 11 is 1.68. The van der Waals surface area contributed by atoms with Gasteiger partial charge in [-0.15, -0.1) is 10.2 Å². The van der Waals surface area contributed by atoms with Crippen LogP contribution in [-0.4, -0.2) is 67.6 Å². The van der Waals surface area contributed by atoms with Gasteiger partial charge in [-0.25, -0.2) is 9.97 Å². The van der Waals surface area contributed by atoms with Crippen molar-refractivity contribution in [2.75, 3.05) is 36.8 Å². The monoisotopic (exact) mass is 503 g/mol. The molecule has 11 heteroatoms. The molecule has 0 N–H and O–H groups in total. The maximum atomic E-state index is 12.9. The third-order valence-electron chi connectivity index (χ3n) is 7.14. The predicted octanol–water partition coefficient (Wildman–Crippen LogP) is 4.37. The van der Waals surface area contributed by atoms with E-state index in [0.29, 0.717) is 6.04 Å².